The van der Waals surface area contributed by atoms with E-state index in [2.05, 4.69) is 23.9 Å². The summed E-state index contributed by atoms with van der Waals surface area (Å²) < 4.78 is 5.47. The van der Waals surface area contributed by atoms with Gasteiger partial charge in [-0.1, -0.05) is 0 Å². The molecule has 2 aliphatic rings. The van der Waals surface area contributed by atoms with E-state index in [4.69, 9.17) is 4.74 Å². The monoisotopic (exact) mass is 170 g/mol. The second kappa shape index (κ2) is 2.98. The summed E-state index contributed by atoms with van der Waals surface area (Å²) >= 11 is 0. The molecule has 12 heavy (non-hydrogen) atoms. The molecule has 3 nitrogen and oxygen atoms in total. The van der Waals surface area contributed by atoms with Gasteiger partial charge in [-0.2, -0.15) is 0 Å². The molecule has 0 amide bonds. The zero-order chi connectivity index (χ0) is 8.60. The van der Waals surface area contributed by atoms with E-state index in [0.29, 0.717) is 5.54 Å². The van der Waals surface area contributed by atoms with Gasteiger partial charge in [0.25, 0.3) is 0 Å². The Balaban J connectivity index is 2.01. The van der Waals surface area contributed by atoms with Gasteiger partial charge in [-0.3, -0.25) is 4.90 Å². The molecule has 0 radical (unpaired) electrons. The van der Waals surface area contributed by atoms with Gasteiger partial charge in [0.1, 0.15) is 0 Å². The maximum absolute atomic E-state index is 5.47. The number of rotatable bonds is 0. The van der Waals surface area contributed by atoms with Crippen LogP contribution in [0, 0.1) is 0 Å². The van der Waals surface area contributed by atoms with Crippen LogP contribution in [0.25, 0.3) is 0 Å². The van der Waals surface area contributed by atoms with Gasteiger partial charge in [0, 0.05) is 31.8 Å². The van der Waals surface area contributed by atoms with E-state index in [1.165, 1.54) is 19.5 Å². The maximum atomic E-state index is 5.47. The molecule has 2 aliphatic heterocycles. The summed E-state index contributed by atoms with van der Waals surface area (Å²) in [5, 5.41) is 0. The average molecular weight is 170 g/mol. The highest BCUT2D eigenvalue weighted by molar-refractivity contribution is 5.02. The molecule has 0 unspecified atom stereocenters. The fourth-order valence-electron chi connectivity index (χ4n) is 2.35. The molecule has 0 saturated carbocycles. The lowest BCUT2D eigenvalue weighted by Gasteiger charge is -2.53. The highest BCUT2D eigenvalue weighted by Gasteiger charge is 2.44. The third-order valence-electron chi connectivity index (χ3n) is 3.22. The van der Waals surface area contributed by atoms with Crippen LogP contribution in [-0.4, -0.2) is 62.3 Å². The van der Waals surface area contributed by atoms with Crippen molar-refractivity contribution >= 4 is 0 Å². The van der Waals surface area contributed by atoms with Gasteiger partial charge >= 0.3 is 0 Å². The summed E-state index contributed by atoms with van der Waals surface area (Å²) in [6.45, 7) is 5.37. The molecule has 2 fully saturated rings. The molecule has 0 aromatic rings. The summed E-state index contributed by atoms with van der Waals surface area (Å²) in [6, 6.07) is 0. The summed E-state index contributed by atoms with van der Waals surface area (Å²) in [4.78, 5) is 4.85. The zero-order valence-corrected chi connectivity index (χ0v) is 8.05. The van der Waals surface area contributed by atoms with E-state index in [9.17, 15) is 0 Å². The van der Waals surface area contributed by atoms with Crippen LogP contribution >= 0.6 is 0 Å². The number of nitrogens with zero attached hydrogens (tertiary/aromatic N) is 2. The van der Waals surface area contributed by atoms with E-state index >= 15 is 0 Å². The molecule has 0 aromatic carbocycles. The van der Waals surface area contributed by atoms with Crippen LogP contribution in [0.2, 0.25) is 0 Å². The van der Waals surface area contributed by atoms with Crippen LogP contribution in [0.5, 0.6) is 0 Å². The van der Waals surface area contributed by atoms with E-state index in [-0.39, 0.29) is 0 Å². The van der Waals surface area contributed by atoms with Gasteiger partial charge in [0.15, 0.2) is 0 Å². The predicted octanol–water partition coefficient (Wildman–Crippen LogP) is 0.0227. The summed E-state index contributed by atoms with van der Waals surface area (Å²) in [5.41, 5.74) is 0.450. The Labute approximate surface area is 74.3 Å². The standard InChI is InChI=1S/C9H18N2O/c1-10-7-9(8-10)3-5-12-6-4-11(9)2/h3-8H2,1-2H3. The molecule has 1 spiro atoms. The lowest BCUT2D eigenvalue weighted by Crippen LogP contribution is -2.68. The third-order valence-corrected chi connectivity index (χ3v) is 3.22. The van der Waals surface area contributed by atoms with Crippen LogP contribution in [-0.2, 0) is 4.74 Å². The lowest BCUT2D eigenvalue weighted by atomic mass is 9.85. The minimum atomic E-state index is 0.450. The summed E-state index contributed by atoms with van der Waals surface area (Å²) in [6.07, 6.45) is 1.20. The number of likely N-dealkylation sites (N-methyl/N-ethyl adjacent to an activating group) is 2. The molecule has 0 aromatic heterocycles. The van der Waals surface area contributed by atoms with E-state index in [0.717, 1.165) is 19.8 Å². The van der Waals surface area contributed by atoms with Crippen molar-refractivity contribution in [3.05, 3.63) is 0 Å². The van der Waals surface area contributed by atoms with E-state index < -0.39 is 0 Å². The fraction of sp³-hybridized carbons (Fsp3) is 1.00. The molecule has 0 atom stereocenters. The van der Waals surface area contributed by atoms with E-state index in [1.807, 2.05) is 0 Å². The molecule has 0 N–H and O–H groups in total. The Morgan fingerprint density at radius 1 is 1.17 bits per heavy atom. The first-order chi connectivity index (χ1) is 5.73. The first-order valence-corrected chi connectivity index (χ1v) is 4.70. The number of hydrogen-bond donors (Lipinski definition) is 0. The predicted molar refractivity (Wildman–Crippen MR) is 48.3 cm³/mol. The number of likely N-dealkylation sites (tertiary alicyclic amines) is 1. The smallest absolute Gasteiger partial charge is 0.0593 e. The van der Waals surface area contributed by atoms with Crippen molar-refractivity contribution in [1.82, 2.24) is 9.80 Å². The van der Waals surface area contributed by atoms with Gasteiger partial charge in [0.05, 0.1) is 6.61 Å². The SMILES string of the molecule is CN1CC2(CCOCCN2C)C1. The highest BCUT2D eigenvalue weighted by Crippen LogP contribution is 2.30. The van der Waals surface area contributed by atoms with Crippen molar-refractivity contribution in [3.63, 3.8) is 0 Å². The second-order valence-corrected chi connectivity index (χ2v) is 4.18. The number of ether oxygens (including phenoxy) is 1. The Hall–Kier alpha value is -0.120. The Bertz CT molecular complexity index is 166. The molecule has 2 heterocycles. The normalized spacial score (nSPS) is 31.5. The van der Waals surface area contributed by atoms with Crippen molar-refractivity contribution in [1.29, 1.82) is 0 Å². The average Bonchev–Trinajstić information content (AvgIpc) is 2.14. The topological polar surface area (TPSA) is 15.7 Å². The minimum absolute atomic E-state index is 0.450. The highest BCUT2D eigenvalue weighted by atomic mass is 16.5. The van der Waals surface area contributed by atoms with Gasteiger partial charge < -0.3 is 9.64 Å². The van der Waals surface area contributed by atoms with Crippen LogP contribution in [0.4, 0.5) is 0 Å². The van der Waals surface area contributed by atoms with Crippen molar-refractivity contribution in [2.45, 2.75) is 12.0 Å². The van der Waals surface area contributed by atoms with E-state index in [1.54, 1.807) is 0 Å². The Morgan fingerprint density at radius 3 is 2.58 bits per heavy atom. The number of hydrogen-bond acceptors (Lipinski definition) is 3. The second-order valence-electron chi connectivity index (χ2n) is 4.18. The molecule has 0 bridgehead atoms. The summed E-state index contributed by atoms with van der Waals surface area (Å²) in [7, 11) is 4.41. The first-order valence-electron chi connectivity index (χ1n) is 4.70. The van der Waals surface area contributed by atoms with Crippen LogP contribution in [0.3, 0.4) is 0 Å². The van der Waals surface area contributed by atoms with Gasteiger partial charge in [-0.15, -0.1) is 0 Å². The molecular weight excluding hydrogens is 152 g/mol. The third kappa shape index (κ3) is 1.26. The fourth-order valence-corrected chi connectivity index (χ4v) is 2.35. The summed E-state index contributed by atoms with van der Waals surface area (Å²) in [5.74, 6) is 0. The quantitative estimate of drug-likeness (QED) is 0.510. The molecule has 70 valence electrons. The molecular formula is C9H18N2O. The Morgan fingerprint density at radius 2 is 1.92 bits per heavy atom. The van der Waals surface area contributed by atoms with Crippen LogP contribution in [0.15, 0.2) is 0 Å². The van der Waals surface area contributed by atoms with Crippen molar-refractivity contribution in [2.75, 3.05) is 46.9 Å². The van der Waals surface area contributed by atoms with Crippen LogP contribution < -0.4 is 0 Å². The first kappa shape index (κ1) is 8.48. The minimum Gasteiger partial charge on any atom is -0.380 e. The Kier molecular flexibility index (Phi) is 2.10. The molecule has 0 aliphatic carbocycles. The van der Waals surface area contributed by atoms with Gasteiger partial charge in [-0.25, -0.2) is 0 Å². The molecule has 3 heteroatoms. The molecule has 2 rings (SSSR count). The van der Waals surface area contributed by atoms with Crippen molar-refractivity contribution in [3.8, 4) is 0 Å². The van der Waals surface area contributed by atoms with Crippen molar-refractivity contribution in [2.24, 2.45) is 0 Å². The van der Waals surface area contributed by atoms with Crippen LogP contribution in [0.1, 0.15) is 6.42 Å². The van der Waals surface area contributed by atoms with Crippen molar-refractivity contribution < 1.29 is 4.74 Å². The molecule has 2 saturated heterocycles. The van der Waals surface area contributed by atoms with Gasteiger partial charge in [-0.05, 0) is 20.5 Å². The van der Waals surface area contributed by atoms with Gasteiger partial charge in [0.2, 0.25) is 0 Å². The zero-order valence-electron chi connectivity index (χ0n) is 8.05. The largest absolute Gasteiger partial charge is 0.380 e. The lowest BCUT2D eigenvalue weighted by molar-refractivity contribution is -0.0251. The maximum Gasteiger partial charge on any atom is 0.0593 e.